The highest BCUT2D eigenvalue weighted by molar-refractivity contribution is 7.98. The lowest BCUT2D eigenvalue weighted by atomic mass is 10.2. The summed E-state index contributed by atoms with van der Waals surface area (Å²) in [5.41, 5.74) is 0.200. The minimum absolute atomic E-state index is 0.200. The van der Waals surface area contributed by atoms with Crippen LogP contribution < -0.4 is 10.0 Å². The minimum Gasteiger partial charge on any atom is -0.336 e. The Labute approximate surface area is 116 Å². The molecule has 8 heteroatoms. The lowest BCUT2D eigenvalue weighted by Crippen LogP contribution is -2.40. The van der Waals surface area contributed by atoms with Crippen LogP contribution in [0.5, 0.6) is 0 Å². The van der Waals surface area contributed by atoms with Crippen LogP contribution in [0.15, 0.2) is 23.1 Å². The van der Waals surface area contributed by atoms with E-state index < -0.39 is 26.8 Å². The Kier molecular flexibility index (Phi) is 5.61. The average Bonchev–Trinajstić information content (AvgIpc) is 2.32. The molecule has 0 spiro atoms. The Balaban J connectivity index is 2.81. The number of carbonyl (C=O) groups excluding carboxylic acids is 1. The summed E-state index contributed by atoms with van der Waals surface area (Å²) in [7, 11) is -4.19. The van der Waals surface area contributed by atoms with Crippen molar-refractivity contribution in [3.05, 3.63) is 29.6 Å². The highest BCUT2D eigenvalue weighted by atomic mass is 32.2. The molecule has 0 aliphatic carbocycles. The fourth-order valence-electron chi connectivity index (χ4n) is 1.31. The lowest BCUT2D eigenvalue weighted by Gasteiger charge is -2.09. The van der Waals surface area contributed by atoms with Gasteiger partial charge in [-0.25, -0.2) is 22.3 Å². The number of hydrogen-bond donors (Lipinski definition) is 2. The maximum Gasteiger partial charge on any atom is 0.328 e. The normalized spacial score (nSPS) is 11.1. The van der Waals surface area contributed by atoms with Crippen LogP contribution in [0.25, 0.3) is 0 Å². The zero-order valence-corrected chi connectivity index (χ0v) is 12.2. The number of urea groups is 1. The summed E-state index contributed by atoms with van der Waals surface area (Å²) in [5.74, 6) is -0.196. The molecule has 2 N–H and O–H groups in total. The predicted molar refractivity (Wildman–Crippen MR) is 73.2 cm³/mol. The molecule has 106 valence electrons. The number of aryl methyl sites for hydroxylation is 1. The summed E-state index contributed by atoms with van der Waals surface area (Å²) in [4.78, 5) is 10.8. The summed E-state index contributed by atoms with van der Waals surface area (Å²) in [6.07, 6.45) is 1.86. The molecule has 0 aliphatic heterocycles. The topological polar surface area (TPSA) is 75.3 Å². The molecular weight excluding hydrogens is 291 g/mol. The number of thioether (sulfide) groups is 1. The van der Waals surface area contributed by atoms with Gasteiger partial charge in [0, 0.05) is 12.3 Å². The van der Waals surface area contributed by atoms with E-state index in [1.807, 2.05) is 6.26 Å². The number of nitrogens with one attached hydrogen (secondary N) is 2. The molecule has 0 atom stereocenters. The zero-order valence-electron chi connectivity index (χ0n) is 10.6. The van der Waals surface area contributed by atoms with E-state index in [4.69, 9.17) is 0 Å². The lowest BCUT2D eigenvalue weighted by molar-refractivity contribution is 0.246. The van der Waals surface area contributed by atoms with Gasteiger partial charge in [-0.2, -0.15) is 11.8 Å². The van der Waals surface area contributed by atoms with Gasteiger partial charge in [0.25, 0.3) is 10.0 Å². The summed E-state index contributed by atoms with van der Waals surface area (Å²) < 4.78 is 39.1. The van der Waals surface area contributed by atoms with Crippen LogP contribution in [0.3, 0.4) is 0 Å². The molecule has 0 heterocycles. The highest BCUT2D eigenvalue weighted by Crippen LogP contribution is 2.16. The highest BCUT2D eigenvalue weighted by Gasteiger charge is 2.22. The van der Waals surface area contributed by atoms with E-state index in [-0.39, 0.29) is 5.56 Å². The van der Waals surface area contributed by atoms with E-state index in [2.05, 4.69) is 5.32 Å². The van der Waals surface area contributed by atoms with Crippen molar-refractivity contribution in [2.75, 3.05) is 18.6 Å². The molecule has 0 aliphatic rings. The summed E-state index contributed by atoms with van der Waals surface area (Å²) in [6, 6.07) is 3.11. The Hall–Kier alpha value is -1.28. The molecule has 0 fully saturated rings. The van der Waals surface area contributed by atoms with E-state index in [0.717, 1.165) is 6.07 Å². The first-order valence-corrected chi connectivity index (χ1v) is 8.31. The predicted octanol–water partition coefficient (Wildman–Crippen LogP) is 1.49. The second kappa shape index (κ2) is 6.76. The standard InChI is InChI=1S/C11H15FN2O3S2/c1-8-4-3-5-9(10(8)12)19(16,17)14-11(15)13-6-7-18-2/h3-5H,6-7H2,1-2H3,(H2,13,14,15). The largest absolute Gasteiger partial charge is 0.336 e. The molecule has 0 aromatic heterocycles. The molecule has 1 aromatic carbocycles. The van der Waals surface area contributed by atoms with Crippen LogP contribution in [-0.4, -0.2) is 33.0 Å². The molecule has 1 aromatic rings. The second-order valence-corrected chi connectivity index (χ2v) is 6.38. The minimum atomic E-state index is -4.19. The third-order valence-electron chi connectivity index (χ3n) is 2.26. The van der Waals surface area contributed by atoms with Gasteiger partial charge in [-0.1, -0.05) is 12.1 Å². The fourth-order valence-corrected chi connectivity index (χ4v) is 2.69. The average molecular weight is 306 g/mol. The molecule has 0 saturated carbocycles. The first-order chi connectivity index (χ1) is 8.88. The maximum atomic E-state index is 13.7. The molecule has 1 rings (SSSR count). The first kappa shape index (κ1) is 15.8. The van der Waals surface area contributed by atoms with Crippen molar-refractivity contribution in [1.29, 1.82) is 0 Å². The number of halogens is 1. The molecular formula is C11H15FN2O3S2. The van der Waals surface area contributed by atoms with Crippen molar-refractivity contribution in [3.63, 3.8) is 0 Å². The quantitative estimate of drug-likeness (QED) is 0.808. The molecule has 19 heavy (non-hydrogen) atoms. The van der Waals surface area contributed by atoms with Crippen molar-refractivity contribution < 1.29 is 17.6 Å². The Morgan fingerprint density at radius 1 is 1.42 bits per heavy atom. The second-order valence-electron chi connectivity index (χ2n) is 3.74. The van der Waals surface area contributed by atoms with Crippen molar-refractivity contribution >= 4 is 27.8 Å². The van der Waals surface area contributed by atoms with Crippen LogP contribution in [-0.2, 0) is 10.0 Å². The van der Waals surface area contributed by atoms with Gasteiger partial charge in [-0.3, -0.25) is 0 Å². The molecule has 0 unspecified atom stereocenters. The van der Waals surface area contributed by atoms with Gasteiger partial charge < -0.3 is 5.32 Å². The molecule has 0 bridgehead atoms. The number of sulfonamides is 1. The number of hydrogen-bond acceptors (Lipinski definition) is 4. The summed E-state index contributed by atoms with van der Waals surface area (Å²) >= 11 is 1.51. The van der Waals surface area contributed by atoms with Crippen LogP contribution in [0.4, 0.5) is 9.18 Å². The van der Waals surface area contributed by atoms with Crippen LogP contribution >= 0.6 is 11.8 Å². The van der Waals surface area contributed by atoms with Gasteiger partial charge in [0.15, 0.2) is 0 Å². The number of carbonyl (C=O) groups is 1. The number of benzene rings is 1. The van der Waals surface area contributed by atoms with E-state index >= 15 is 0 Å². The van der Waals surface area contributed by atoms with Crippen LogP contribution in [0.2, 0.25) is 0 Å². The van der Waals surface area contributed by atoms with Crippen molar-refractivity contribution in [3.8, 4) is 0 Å². The Morgan fingerprint density at radius 2 is 2.11 bits per heavy atom. The van der Waals surface area contributed by atoms with Gasteiger partial charge in [-0.05, 0) is 24.8 Å². The molecule has 5 nitrogen and oxygen atoms in total. The fraction of sp³-hybridized carbons (Fsp3) is 0.364. The first-order valence-electron chi connectivity index (χ1n) is 5.43. The smallest absolute Gasteiger partial charge is 0.328 e. The zero-order chi connectivity index (χ0) is 14.5. The van der Waals surface area contributed by atoms with Gasteiger partial charge >= 0.3 is 6.03 Å². The maximum absolute atomic E-state index is 13.7. The van der Waals surface area contributed by atoms with Gasteiger partial charge in [-0.15, -0.1) is 0 Å². The van der Waals surface area contributed by atoms with Crippen molar-refractivity contribution in [1.82, 2.24) is 10.0 Å². The third kappa shape index (κ3) is 4.39. The van der Waals surface area contributed by atoms with Crippen molar-refractivity contribution in [2.24, 2.45) is 0 Å². The van der Waals surface area contributed by atoms with Gasteiger partial charge in [0.05, 0.1) is 0 Å². The summed E-state index contributed by atoms with van der Waals surface area (Å²) in [5, 5.41) is 2.37. The number of rotatable bonds is 5. The van der Waals surface area contributed by atoms with Gasteiger partial charge in [0.2, 0.25) is 0 Å². The van der Waals surface area contributed by atoms with Crippen LogP contribution in [0.1, 0.15) is 5.56 Å². The van der Waals surface area contributed by atoms with E-state index in [0.29, 0.717) is 12.3 Å². The SMILES string of the molecule is CSCCNC(=O)NS(=O)(=O)c1cccc(C)c1F. The van der Waals surface area contributed by atoms with Gasteiger partial charge in [0.1, 0.15) is 10.7 Å². The van der Waals surface area contributed by atoms with E-state index in [1.54, 1.807) is 4.72 Å². The van der Waals surface area contributed by atoms with E-state index in [1.165, 1.54) is 30.8 Å². The molecule has 0 saturated heterocycles. The summed E-state index contributed by atoms with van der Waals surface area (Å²) in [6.45, 7) is 1.78. The Morgan fingerprint density at radius 3 is 2.74 bits per heavy atom. The molecule has 2 amide bonds. The molecule has 0 radical (unpaired) electrons. The monoisotopic (exact) mass is 306 g/mol. The van der Waals surface area contributed by atoms with Crippen molar-refractivity contribution in [2.45, 2.75) is 11.8 Å². The van der Waals surface area contributed by atoms with Crippen LogP contribution in [0, 0.1) is 12.7 Å². The third-order valence-corrected chi connectivity index (χ3v) is 4.23. The van der Waals surface area contributed by atoms with E-state index in [9.17, 15) is 17.6 Å². The Bertz CT molecular complexity index is 561. The number of amides is 2.